The maximum atomic E-state index is 12.9. The van der Waals surface area contributed by atoms with Crippen LogP contribution >= 0.6 is 11.3 Å². The normalized spacial score (nSPS) is 19.4. The number of nitrogens with one attached hydrogen (secondary N) is 2. The van der Waals surface area contributed by atoms with Gasteiger partial charge in [-0.2, -0.15) is 0 Å². The fourth-order valence-corrected chi connectivity index (χ4v) is 5.32. The topological polar surface area (TPSA) is 101 Å². The summed E-state index contributed by atoms with van der Waals surface area (Å²) in [5.41, 5.74) is 1.02. The number of carbonyl (C=O) groups excluding carboxylic acids is 3. The Balaban J connectivity index is 1.30. The summed E-state index contributed by atoms with van der Waals surface area (Å²) < 4.78 is 5.65. The number of hydrogen-bond acceptors (Lipinski definition) is 6. The molecule has 9 heteroatoms. The molecule has 2 fully saturated rings. The second-order valence-corrected chi connectivity index (χ2v) is 10.0. The largest absolute Gasteiger partial charge is 0.491 e. The van der Waals surface area contributed by atoms with E-state index in [9.17, 15) is 14.4 Å². The van der Waals surface area contributed by atoms with Crippen LogP contribution in [0, 0.1) is 0 Å². The van der Waals surface area contributed by atoms with E-state index >= 15 is 0 Å². The summed E-state index contributed by atoms with van der Waals surface area (Å²) in [4.78, 5) is 44.1. The zero-order valence-corrected chi connectivity index (χ0v) is 20.5. The standard InChI is InChI=1S/C25H32N4O4S/c1-16(2)33-19-8-6-18(7-9-19)25(32)29-13-10-17(11-14-29)24-28-21(15-34-24)23(31)27-20-5-3-4-12-26-22(20)30/h6-9,15-17,20H,3-5,10-14H2,1-2H3,(H,26,30)(H,27,31). The van der Waals surface area contributed by atoms with E-state index in [-0.39, 0.29) is 29.7 Å². The molecule has 34 heavy (non-hydrogen) atoms. The fraction of sp³-hybridized carbons (Fsp3) is 0.520. The molecule has 1 atom stereocenters. The minimum atomic E-state index is -0.500. The summed E-state index contributed by atoms with van der Waals surface area (Å²) in [6, 6.07) is 6.79. The number of rotatable bonds is 6. The predicted octanol–water partition coefficient (Wildman–Crippen LogP) is 3.35. The molecule has 2 aromatic rings. The molecule has 0 spiro atoms. The fourth-order valence-electron chi connectivity index (χ4n) is 4.35. The van der Waals surface area contributed by atoms with E-state index in [0.29, 0.717) is 37.3 Å². The number of amides is 3. The lowest BCUT2D eigenvalue weighted by Crippen LogP contribution is -2.45. The van der Waals surface area contributed by atoms with Gasteiger partial charge in [0.25, 0.3) is 11.8 Å². The van der Waals surface area contributed by atoms with Crippen molar-refractivity contribution >= 4 is 29.1 Å². The summed E-state index contributed by atoms with van der Waals surface area (Å²) in [6.07, 6.45) is 4.18. The Kier molecular flexibility index (Phi) is 7.82. The highest BCUT2D eigenvalue weighted by molar-refractivity contribution is 7.09. The maximum absolute atomic E-state index is 12.9. The molecule has 0 aliphatic carbocycles. The van der Waals surface area contributed by atoms with Crippen molar-refractivity contribution in [2.24, 2.45) is 0 Å². The summed E-state index contributed by atoms with van der Waals surface area (Å²) >= 11 is 1.47. The SMILES string of the molecule is CC(C)Oc1ccc(C(=O)N2CCC(c3nc(C(=O)NC4CCCCNC4=O)cs3)CC2)cc1. The van der Waals surface area contributed by atoms with Crippen LogP contribution < -0.4 is 15.4 Å². The van der Waals surface area contributed by atoms with Crippen LogP contribution in [0.15, 0.2) is 29.6 Å². The minimum absolute atomic E-state index is 0.0235. The van der Waals surface area contributed by atoms with Crippen LogP contribution in [0.5, 0.6) is 5.75 Å². The number of hydrogen-bond donors (Lipinski definition) is 2. The van der Waals surface area contributed by atoms with Crippen LogP contribution in [0.1, 0.15) is 77.7 Å². The molecule has 4 rings (SSSR count). The van der Waals surface area contributed by atoms with E-state index in [1.54, 1.807) is 5.38 Å². The van der Waals surface area contributed by atoms with E-state index in [2.05, 4.69) is 15.6 Å². The van der Waals surface area contributed by atoms with Gasteiger partial charge in [-0.25, -0.2) is 4.98 Å². The van der Waals surface area contributed by atoms with Crippen molar-refractivity contribution in [2.75, 3.05) is 19.6 Å². The number of ether oxygens (including phenoxy) is 1. The van der Waals surface area contributed by atoms with Crippen LogP contribution in [-0.4, -0.2) is 59.4 Å². The molecule has 2 N–H and O–H groups in total. The summed E-state index contributed by atoms with van der Waals surface area (Å²) in [6.45, 7) is 5.90. The monoisotopic (exact) mass is 484 g/mol. The first-order valence-corrected chi connectivity index (χ1v) is 12.9. The van der Waals surface area contributed by atoms with Gasteiger partial charge >= 0.3 is 0 Å². The van der Waals surface area contributed by atoms with Gasteiger partial charge in [0.1, 0.15) is 17.5 Å². The number of piperidine rings is 1. The second-order valence-electron chi connectivity index (χ2n) is 9.14. The minimum Gasteiger partial charge on any atom is -0.491 e. The first kappa shape index (κ1) is 24.2. The lowest BCUT2D eigenvalue weighted by Gasteiger charge is -2.31. The molecular formula is C25H32N4O4S. The molecule has 3 heterocycles. The Bertz CT molecular complexity index is 1010. The van der Waals surface area contributed by atoms with E-state index in [0.717, 1.165) is 36.4 Å². The van der Waals surface area contributed by atoms with Gasteiger partial charge in [0, 0.05) is 36.5 Å². The van der Waals surface area contributed by atoms with Crippen molar-refractivity contribution in [3.05, 3.63) is 45.9 Å². The molecule has 182 valence electrons. The third-order valence-electron chi connectivity index (χ3n) is 6.20. The molecule has 3 amide bonds. The van der Waals surface area contributed by atoms with Gasteiger partial charge in [-0.3, -0.25) is 14.4 Å². The van der Waals surface area contributed by atoms with Crippen molar-refractivity contribution in [3.63, 3.8) is 0 Å². The average Bonchev–Trinajstić information content (AvgIpc) is 3.25. The van der Waals surface area contributed by atoms with Crippen LogP contribution in [0.2, 0.25) is 0 Å². The molecule has 8 nitrogen and oxygen atoms in total. The van der Waals surface area contributed by atoms with E-state index < -0.39 is 6.04 Å². The zero-order valence-electron chi connectivity index (χ0n) is 19.7. The first-order chi connectivity index (χ1) is 16.4. The molecule has 0 bridgehead atoms. The molecule has 1 unspecified atom stereocenters. The van der Waals surface area contributed by atoms with Gasteiger partial charge < -0.3 is 20.3 Å². The Labute approximate surface area is 204 Å². The number of aromatic nitrogens is 1. The summed E-state index contributed by atoms with van der Waals surface area (Å²) in [7, 11) is 0. The van der Waals surface area contributed by atoms with Crippen LogP contribution in [-0.2, 0) is 4.79 Å². The molecule has 1 aromatic heterocycles. The van der Waals surface area contributed by atoms with Crippen molar-refractivity contribution in [1.82, 2.24) is 20.5 Å². The lowest BCUT2D eigenvalue weighted by molar-refractivity contribution is -0.122. The van der Waals surface area contributed by atoms with Gasteiger partial charge in [0.05, 0.1) is 11.1 Å². The molecule has 2 aliphatic heterocycles. The number of nitrogens with zero attached hydrogens (tertiary/aromatic N) is 2. The van der Waals surface area contributed by atoms with Crippen molar-refractivity contribution in [3.8, 4) is 5.75 Å². The Morgan fingerprint density at radius 3 is 2.59 bits per heavy atom. The van der Waals surface area contributed by atoms with Gasteiger partial charge in [-0.05, 0) is 70.2 Å². The van der Waals surface area contributed by atoms with Crippen LogP contribution in [0.3, 0.4) is 0 Å². The molecule has 0 saturated carbocycles. The van der Waals surface area contributed by atoms with Crippen LogP contribution in [0.25, 0.3) is 0 Å². The third-order valence-corrected chi connectivity index (χ3v) is 7.21. The highest BCUT2D eigenvalue weighted by Gasteiger charge is 2.28. The van der Waals surface area contributed by atoms with Crippen LogP contribution in [0.4, 0.5) is 0 Å². The van der Waals surface area contributed by atoms with E-state index in [1.165, 1.54) is 11.3 Å². The quantitative estimate of drug-likeness (QED) is 0.655. The smallest absolute Gasteiger partial charge is 0.271 e. The number of benzene rings is 1. The molecule has 2 aliphatic rings. The predicted molar refractivity (Wildman–Crippen MR) is 130 cm³/mol. The Morgan fingerprint density at radius 2 is 1.88 bits per heavy atom. The number of carbonyl (C=O) groups is 3. The number of likely N-dealkylation sites (tertiary alicyclic amines) is 1. The molecule has 0 radical (unpaired) electrons. The van der Waals surface area contributed by atoms with Crippen molar-refractivity contribution < 1.29 is 19.1 Å². The van der Waals surface area contributed by atoms with Gasteiger partial charge in [0.2, 0.25) is 5.91 Å². The Morgan fingerprint density at radius 1 is 1.15 bits per heavy atom. The first-order valence-electron chi connectivity index (χ1n) is 12.0. The maximum Gasteiger partial charge on any atom is 0.271 e. The van der Waals surface area contributed by atoms with Gasteiger partial charge in [0.15, 0.2) is 0 Å². The average molecular weight is 485 g/mol. The highest BCUT2D eigenvalue weighted by atomic mass is 32.1. The molecular weight excluding hydrogens is 452 g/mol. The second kappa shape index (κ2) is 11.0. The van der Waals surface area contributed by atoms with E-state index in [4.69, 9.17) is 4.74 Å². The Hall–Kier alpha value is -2.94. The van der Waals surface area contributed by atoms with Crippen molar-refractivity contribution in [2.45, 2.75) is 64.0 Å². The molecule has 2 saturated heterocycles. The highest BCUT2D eigenvalue weighted by Crippen LogP contribution is 2.31. The zero-order chi connectivity index (χ0) is 24.1. The lowest BCUT2D eigenvalue weighted by atomic mass is 9.97. The van der Waals surface area contributed by atoms with Gasteiger partial charge in [-0.1, -0.05) is 0 Å². The number of thiazole rings is 1. The van der Waals surface area contributed by atoms with Crippen molar-refractivity contribution in [1.29, 1.82) is 0 Å². The molecule has 1 aromatic carbocycles. The van der Waals surface area contributed by atoms with E-state index in [1.807, 2.05) is 43.0 Å². The third kappa shape index (κ3) is 5.94. The summed E-state index contributed by atoms with van der Waals surface area (Å²) in [5, 5.41) is 8.34. The summed E-state index contributed by atoms with van der Waals surface area (Å²) in [5.74, 6) is 0.574. The van der Waals surface area contributed by atoms with Gasteiger partial charge in [-0.15, -0.1) is 11.3 Å².